The maximum Gasteiger partial charge on any atom is 0.276 e. The van der Waals surface area contributed by atoms with Crippen molar-refractivity contribution in [1.29, 1.82) is 0 Å². The molecular formula is C12H11F2N5O. The molecule has 0 aliphatic heterocycles. The Morgan fingerprint density at radius 1 is 1.20 bits per heavy atom. The van der Waals surface area contributed by atoms with Gasteiger partial charge in [0.15, 0.2) is 11.5 Å². The van der Waals surface area contributed by atoms with Gasteiger partial charge in [0.2, 0.25) is 0 Å². The van der Waals surface area contributed by atoms with E-state index in [2.05, 4.69) is 20.9 Å². The molecule has 0 saturated carbocycles. The van der Waals surface area contributed by atoms with Crippen molar-refractivity contribution in [3.05, 3.63) is 47.2 Å². The molecule has 0 spiro atoms. The number of hydrogen-bond donors (Lipinski definition) is 3. The van der Waals surface area contributed by atoms with Crippen LogP contribution >= 0.6 is 0 Å². The summed E-state index contributed by atoms with van der Waals surface area (Å²) in [7, 11) is 0. The smallest absolute Gasteiger partial charge is 0.276 e. The molecule has 1 heterocycles. The summed E-state index contributed by atoms with van der Waals surface area (Å²) in [6, 6.07) is 4.68. The molecule has 2 aromatic rings. The Kier molecular flexibility index (Phi) is 3.85. The van der Waals surface area contributed by atoms with E-state index in [9.17, 15) is 13.6 Å². The van der Waals surface area contributed by atoms with Gasteiger partial charge < -0.3 is 10.7 Å². The first-order valence-electron chi connectivity index (χ1n) is 5.58. The molecule has 1 amide bonds. The fraction of sp³-hybridized carbons (Fsp3) is 0.0833. The standard InChI is InChI=1S/C12H11F2N5O/c1-6-4-8(14)10(5-7(6)13)16-12(20)9-2-3-11(17-15)19-18-9/h2-5H,15H2,1H3,(H,16,20)(H,17,19). The molecule has 20 heavy (non-hydrogen) atoms. The lowest BCUT2D eigenvalue weighted by atomic mass is 10.2. The normalized spacial score (nSPS) is 10.2. The zero-order valence-corrected chi connectivity index (χ0v) is 10.4. The van der Waals surface area contributed by atoms with Gasteiger partial charge in [-0.05, 0) is 30.7 Å². The number of carbonyl (C=O) groups excluding carboxylic acids is 1. The Balaban J connectivity index is 2.20. The van der Waals surface area contributed by atoms with Crippen LogP contribution in [0.1, 0.15) is 16.1 Å². The highest BCUT2D eigenvalue weighted by Gasteiger charge is 2.13. The van der Waals surface area contributed by atoms with Crippen LogP contribution in [0.5, 0.6) is 0 Å². The highest BCUT2D eigenvalue weighted by atomic mass is 19.1. The lowest BCUT2D eigenvalue weighted by Crippen LogP contribution is -2.17. The molecule has 2 rings (SSSR count). The first-order chi connectivity index (χ1) is 9.51. The van der Waals surface area contributed by atoms with E-state index >= 15 is 0 Å². The van der Waals surface area contributed by atoms with Crippen LogP contribution in [-0.4, -0.2) is 16.1 Å². The topological polar surface area (TPSA) is 92.9 Å². The van der Waals surface area contributed by atoms with Gasteiger partial charge in [0.25, 0.3) is 5.91 Å². The number of benzene rings is 1. The fourth-order valence-electron chi connectivity index (χ4n) is 1.46. The van der Waals surface area contributed by atoms with Crippen LogP contribution < -0.4 is 16.6 Å². The monoisotopic (exact) mass is 279 g/mol. The molecule has 0 bridgehead atoms. The molecule has 0 aliphatic carbocycles. The number of nitrogens with zero attached hydrogens (tertiary/aromatic N) is 2. The van der Waals surface area contributed by atoms with Gasteiger partial charge in [-0.15, -0.1) is 10.2 Å². The maximum absolute atomic E-state index is 13.6. The van der Waals surface area contributed by atoms with Gasteiger partial charge in [-0.25, -0.2) is 14.6 Å². The van der Waals surface area contributed by atoms with Crippen LogP contribution in [0.15, 0.2) is 24.3 Å². The first-order valence-corrected chi connectivity index (χ1v) is 5.58. The third-order valence-electron chi connectivity index (χ3n) is 2.54. The predicted molar refractivity (Wildman–Crippen MR) is 68.9 cm³/mol. The lowest BCUT2D eigenvalue weighted by Gasteiger charge is -2.07. The van der Waals surface area contributed by atoms with Crippen molar-refractivity contribution in [2.45, 2.75) is 6.92 Å². The van der Waals surface area contributed by atoms with E-state index in [0.717, 1.165) is 12.1 Å². The van der Waals surface area contributed by atoms with Crippen molar-refractivity contribution in [2.75, 3.05) is 10.7 Å². The quantitative estimate of drug-likeness (QED) is 0.586. The summed E-state index contributed by atoms with van der Waals surface area (Å²) >= 11 is 0. The van der Waals surface area contributed by atoms with Crippen molar-refractivity contribution >= 4 is 17.4 Å². The van der Waals surface area contributed by atoms with Crippen LogP contribution in [0.3, 0.4) is 0 Å². The second-order valence-corrected chi connectivity index (χ2v) is 3.98. The minimum absolute atomic E-state index is 0.0515. The minimum atomic E-state index is -0.731. The molecular weight excluding hydrogens is 268 g/mol. The van der Waals surface area contributed by atoms with Crippen LogP contribution in [0.4, 0.5) is 20.3 Å². The number of nitrogens with two attached hydrogens (primary N) is 1. The van der Waals surface area contributed by atoms with Crippen molar-refractivity contribution < 1.29 is 13.6 Å². The number of nitrogens with one attached hydrogen (secondary N) is 2. The van der Waals surface area contributed by atoms with Crippen LogP contribution in [0, 0.1) is 18.6 Å². The summed E-state index contributed by atoms with van der Waals surface area (Å²) < 4.78 is 26.9. The molecule has 0 unspecified atom stereocenters. The molecule has 0 atom stereocenters. The number of amides is 1. The Hall–Kier alpha value is -2.61. The molecule has 1 aromatic carbocycles. The van der Waals surface area contributed by atoms with Gasteiger partial charge >= 0.3 is 0 Å². The average molecular weight is 279 g/mol. The van der Waals surface area contributed by atoms with Gasteiger partial charge in [0.05, 0.1) is 5.69 Å². The molecule has 0 fully saturated rings. The zero-order chi connectivity index (χ0) is 14.7. The van der Waals surface area contributed by atoms with Crippen LogP contribution in [0.2, 0.25) is 0 Å². The van der Waals surface area contributed by atoms with Crippen LogP contribution in [-0.2, 0) is 0 Å². The van der Waals surface area contributed by atoms with Gasteiger partial charge in [0.1, 0.15) is 11.6 Å². The third-order valence-corrected chi connectivity index (χ3v) is 2.54. The first kappa shape index (κ1) is 13.8. The maximum atomic E-state index is 13.6. The molecule has 104 valence electrons. The Morgan fingerprint density at radius 3 is 2.55 bits per heavy atom. The summed E-state index contributed by atoms with van der Waals surface area (Å²) in [4.78, 5) is 11.8. The minimum Gasteiger partial charge on any atom is -0.318 e. The number of hydrogen-bond acceptors (Lipinski definition) is 5. The number of carbonyl (C=O) groups is 1. The van der Waals surface area contributed by atoms with E-state index in [4.69, 9.17) is 5.84 Å². The second kappa shape index (κ2) is 5.57. The van der Waals surface area contributed by atoms with E-state index in [1.165, 1.54) is 19.1 Å². The molecule has 1 aromatic heterocycles. The summed E-state index contributed by atoms with van der Waals surface area (Å²) in [5.74, 6) is 3.33. The number of aromatic nitrogens is 2. The van der Waals surface area contributed by atoms with Crippen molar-refractivity contribution in [3.63, 3.8) is 0 Å². The molecule has 6 nitrogen and oxygen atoms in total. The Morgan fingerprint density at radius 2 is 1.95 bits per heavy atom. The fourth-order valence-corrected chi connectivity index (χ4v) is 1.46. The van der Waals surface area contributed by atoms with E-state index in [-0.39, 0.29) is 22.8 Å². The highest BCUT2D eigenvalue weighted by molar-refractivity contribution is 6.02. The summed E-state index contributed by atoms with van der Waals surface area (Å²) in [6.45, 7) is 1.42. The number of aryl methyl sites for hydroxylation is 1. The van der Waals surface area contributed by atoms with Gasteiger partial charge in [-0.2, -0.15) is 0 Å². The van der Waals surface area contributed by atoms with Crippen LogP contribution in [0.25, 0.3) is 0 Å². The van der Waals surface area contributed by atoms with E-state index in [1.807, 2.05) is 0 Å². The highest BCUT2D eigenvalue weighted by Crippen LogP contribution is 2.19. The molecule has 0 saturated heterocycles. The van der Waals surface area contributed by atoms with E-state index < -0.39 is 17.5 Å². The molecule has 8 heteroatoms. The number of halogens is 2. The van der Waals surface area contributed by atoms with E-state index in [1.54, 1.807) is 0 Å². The molecule has 4 N–H and O–H groups in total. The van der Waals surface area contributed by atoms with Gasteiger partial charge in [0, 0.05) is 6.07 Å². The molecule has 0 aliphatic rings. The third kappa shape index (κ3) is 2.86. The largest absolute Gasteiger partial charge is 0.318 e. The van der Waals surface area contributed by atoms with Gasteiger partial charge in [-0.1, -0.05) is 0 Å². The molecule has 0 radical (unpaired) electrons. The average Bonchev–Trinajstić information content (AvgIpc) is 2.44. The summed E-state index contributed by atoms with van der Waals surface area (Å²) in [5, 5.41) is 9.42. The Labute approximate surface area is 113 Å². The van der Waals surface area contributed by atoms with Crippen molar-refractivity contribution in [2.24, 2.45) is 5.84 Å². The van der Waals surface area contributed by atoms with E-state index in [0.29, 0.717) is 0 Å². The number of hydrazine groups is 1. The lowest BCUT2D eigenvalue weighted by molar-refractivity contribution is 0.102. The van der Waals surface area contributed by atoms with Gasteiger partial charge in [-0.3, -0.25) is 4.79 Å². The SMILES string of the molecule is Cc1cc(F)c(NC(=O)c2ccc(NN)nn2)cc1F. The van der Waals surface area contributed by atoms with Crippen molar-refractivity contribution in [3.8, 4) is 0 Å². The number of anilines is 2. The second-order valence-electron chi connectivity index (χ2n) is 3.98. The van der Waals surface area contributed by atoms with Crippen molar-refractivity contribution in [1.82, 2.24) is 10.2 Å². The number of nitrogen functional groups attached to an aromatic ring is 1. The summed E-state index contributed by atoms with van der Waals surface area (Å²) in [6.07, 6.45) is 0. The summed E-state index contributed by atoms with van der Waals surface area (Å²) in [5.41, 5.74) is 2.09. The predicted octanol–water partition coefficient (Wildman–Crippen LogP) is 1.60. The zero-order valence-electron chi connectivity index (χ0n) is 10.4. The Bertz CT molecular complexity index is 645. The number of rotatable bonds is 3.